The number of nitrogens with two attached hydrogens (primary N) is 1. The predicted molar refractivity (Wildman–Crippen MR) is 65.6 cm³/mol. The van der Waals surface area contributed by atoms with Gasteiger partial charge in [-0.25, -0.2) is 0 Å². The van der Waals surface area contributed by atoms with Crippen LogP contribution in [0.4, 0.5) is 0 Å². The monoisotopic (exact) mass is 223 g/mol. The van der Waals surface area contributed by atoms with Gasteiger partial charge in [-0.15, -0.1) is 0 Å². The molecule has 16 heavy (non-hydrogen) atoms. The summed E-state index contributed by atoms with van der Waals surface area (Å²) >= 11 is 0. The average Bonchev–Trinajstić information content (AvgIpc) is 2.29. The topological polar surface area (TPSA) is 44.5 Å². The van der Waals surface area contributed by atoms with Crippen LogP contribution < -0.4 is 10.5 Å². The maximum absolute atomic E-state index is 5.80. The fourth-order valence-corrected chi connectivity index (χ4v) is 1.43. The first-order valence-corrected chi connectivity index (χ1v) is 5.71. The quantitative estimate of drug-likeness (QED) is 0.722. The molecule has 0 amide bonds. The Labute approximate surface area is 97.6 Å². The van der Waals surface area contributed by atoms with E-state index in [-0.39, 0.29) is 6.04 Å². The average molecular weight is 223 g/mol. The number of ether oxygens (including phenoxy) is 2. The number of hydrogen-bond acceptors (Lipinski definition) is 3. The minimum Gasteiger partial charge on any atom is -0.494 e. The molecule has 0 aromatic heterocycles. The molecule has 3 heteroatoms. The predicted octanol–water partition coefficient (Wildman–Crippen LogP) is 2.51. The highest BCUT2D eigenvalue weighted by Crippen LogP contribution is 2.17. The zero-order valence-electron chi connectivity index (χ0n) is 10.1. The van der Waals surface area contributed by atoms with Crippen LogP contribution in [0.2, 0.25) is 0 Å². The second-order valence-electron chi connectivity index (χ2n) is 3.91. The van der Waals surface area contributed by atoms with Crippen molar-refractivity contribution in [3.05, 3.63) is 29.8 Å². The number of benzene rings is 1. The summed E-state index contributed by atoms with van der Waals surface area (Å²) < 4.78 is 10.6. The zero-order valence-corrected chi connectivity index (χ0v) is 10.1. The van der Waals surface area contributed by atoms with Crippen molar-refractivity contribution in [1.29, 1.82) is 0 Å². The van der Waals surface area contributed by atoms with Crippen LogP contribution in [-0.2, 0) is 4.74 Å². The number of rotatable bonds is 7. The molecule has 0 unspecified atom stereocenters. The van der Waals surface area contributed by atoms with E-state index in [1.165, 1.54) is 0 Å². The molecule has 1 aromatic rings. The fraction of sp³-hybridized carbons (Fsp3) is 0.538. The van der Waals surface area contributed by atoms with Gasteiger partial charge < -0.3 is 15.2 Å². The van der Waals surface area contributed by atoms with Crippen molar-refractivity contribution in [3.8, 4) is 5.75 Å². The van der Waals surface area contributed by atoms with Crippen LogP contribution in [0.1, 0.15) is 31.4 Å². The Hall–Kier alpha value is -1.06. The first kappa shape index (κ1) is 13.0. The smallest absolute Gasteiger partial charge is 0.119 e. The van der Waals surface area contributed by atoms with Gasteiger partial charge in [0.15, 0.2) is 0 Å². The zero-order chi connectivity index (χ0) is 11.8. The van der Waals surface area contributed by atoms with Gasteiger partial charge in [-0.1, -0.05) is 12.1 Å². The number of hydrogen-bond donors (Lipinski definition) is 1. The summed E-state index contributed by atoms with van der Waals surface area (Å²) in [5.41, 5.74) is 6.91. The lowest BCUT2D eigenvalue weighted by molar-refractivity contribution is 0.184. The van der Waals surface area contributed by atoms with Crippen LogP contribution in [0.3, 0.4) is 0 Å². The van der Waals surface area contributed by atoms with Crippen LogP contribution in [-0.4, -0.2) is 20.3 Å². The Morgan fingerprint density at radius 2 is 2.00 bits per heavy atom. The Morgan fingerprint density at radius 3 is 2.69 bits per heavy atom. The van der Waals surface area contributed by atoms with E-state index in [9.17, 15) is 0 Å². The van der Waals surface area contributed by atoms with E-state index in [2.05, 4.69) is 0 Å². The Balaban J connectivity index is 2.33. The van der Waals surface area contributed by atoms with Crippen LogP contribution >= 0.6 is 0 Å². The lowest BCUT2D eigenvalue weighted by Gasteiger charge is -2.09. The lowest BCUT2D eigenvalue weighted by Crippen LogP contribution is -2.05. The van der Waals surface area contributed by atoms with E-state index < -0.39 is 0 Å². The number of methoxy groups -OCH3 is 1. The molecule has 0 aliphatic heterocycles. The molecule has 0 bridgehead atoms. The Kier molecular flexibility index (Phi) is 5.90. The van der Waals surface area contributed by atoms with Crippen molar-refractivity contribution in [2.45, 2.75) is 25.8 Å². The van der Waals surface area contributed by atoms with Gasteiger partial charge in [0.25, 0.3) is 0 Å². The summed E-state index contributed by atoms with van der Waals surface area (Å²) in [4.78, 5) is 0. The second kappa shape index (κ2) is 7.25. The van der Waals surface area contributed by atoms with Gasteiger partial charge in [-0.05, 0) is 37.5 Å². The molecule has 90 valence electrons. The highest BCUT2D eigenvalue weighted by atomic mass is 16.5. The molecule has 0 aliphatic rings. The molecule has 0 heterocycles. The van der Waals surface area contributed by atoms with E-state index in [1.807, 2.05) is 31.2 Å². The summed E-state index contributed by atoms with van der Waals surface area (Å²) in [7, 11) is 1.72. The molecule has 1 atom stereocenters. The van der Waals surface area contributed by atoms with Crippen LogP contribution in [0, 0.1) is 0 Å². The third kappa shape index (κ3) is 4.64. The molecule has 1 aromatic carbocycles. The first-order valence-electron chi connectivity index (χ1n) is 5.71. The molecule has 3 nitrogen and oxygen atoms in total. The van der Waals surface area contributed by atoms with Gasteiger partial charge in [0, 0.05) is 19.8 Å². The van der Waals surface area contributed by atoms with Gasteiger partial charge in [-0.3, -0.25) is 0 Å². The lowest BCUT2D eigenvalue weighted by atomic mass is 10.1. The minimum absolute atomic E-state index is 0.0528. The van der Waals surface area contributed by atoms with E-state index >= 15 is 0 Å². The normalized spacial score (nSPS) is 12.4. The molecule has 0 radical (unpaired) electrons. The first-order chi connectivity index (χ1) is 7.74. The third-order valence-corrected chi connectivity index (χ3v) is 2.40. The van der Waals surface area contributed by atoms with Crippen molar-refractivity contribution in [3.63, 3.8) is 0 Å². The van der Waals surface area contributed by atoms with Crippen molar-refractivity contribution in [2.24, 2.45) is 5.73 Å². The van der Waals surface area contributed by atoms with E-state index in [0.29, 0.717) is 0 Å². The fourth-order valence-electron chi connectivity index (χ4n) is 1.43. The third-order valence-electron chi connectivity index (χ3n) is 2.40. The summed E-state index contributed by atoms with van der Waals surface area (Å²) in [5.74, 6) is 0.896. The summed E-state index contributed by atoms with van der Waals surface area (Å²) in [5, 5.41) is 0. The van der Waals surface area contributed by atoms with Crippen LogP contribution in [0.25, 0.3) is 0 Å². The van der Waals surface area contributed by atoms with E-state index in [0.717, 1.165) is 37.4 Å². The Bertz CT molecular complexity index is 300. The molecule has 0 fully saturated rings. The highest BCUT2D eigenvalue weighted by Gasteiger charge is 2.00. The van der Waals surface area contributed by atoms with Crippen molar-refractivity contribution >= 4 is 0 Å². The molecule has 2 N–H and O–H groups in total. The van der Waals surface area contributed by atoms with Gasteiger partial charge >= 0.3 is 0 Å². The largest absolute Gasteiger partial charge is 0.494 e. The summed E-state index contributed by atoms with van der Waals surface area (Å²) in [6, 6.07) is 8.01. The molecule has 1 rings (SSSR count). The van der Waals surface area contributed by atoms with Gasteiger partial charge in [-0.2, -0.15) is 0 Å². The Morgan fingerprint density at radius 1 is 1.25 bits per heavy atom. The molecular weight excluding hydrogens is 202 g/mol. The molecule has 0 spiro atoms. The van der Waals surface area contributed by atoms with Gasteiger partial charge in [0.2, 0.25) is 0 Å². The van der Waals surface area contributed by atoms with Crippen molar-refractivity contribution < 1.29 is 9.47 Å². The van der Waals surface area contributed by atoms with Crippen molar-refractivity contribution in [1.82, 2.24) is 0 Å². The second-order valence-corrected chi connectivity index (χ2v) is 3.91. The molecule has 0 saturated heterocycles. The SMILES string of the molecule is COCCCCOc1cccc([C@H](C)N)c1. The van der Waals surface area contributed by atoms with E-state index in [4.69, 9.17) is 15.2 Å². The maximum Gasteiger partial charge on any atom is 0.119 e. The maximum atomic E-state index is 5.80. The van der Waals surface area contributed by atoms with E-state index in [1.54, 1.807) is 7.11 Å². The highest BCUT2D eigenvalue weighted by molar-refractivity contribution is 5.30. The molecule has 0 saturated carbocycles. The van der Waals surface area contributed by atoms with Crippen LogP contribution in [0.5, 0.6) is 5.75 Å². The minimum atomic E-state index is 0.0528. The number of unbranched alkanes of at least 4 members (excludes halogenated alkanes) is 1. The van der Waals surface area contributed by atoms with Gasteiger partial charge in [0.1, 0.15) is 5.75 Å². The molecular formula is C13H21NO2. The summed E-state index contributed by atoms with van der Waals surface area (Å²) in [6.07, 6.45) is 2.04. The standard InChI is InChI=1S/C13H21NO2/c1-11(14)12-6-5-7-13(10-12)16-9-4-3-8-15-2/h5-7,10-11H,3-4,8-9,14H2,1-2H3/t11-/m0/s1. The molecule has 0 aliphatic carbocycles. The van der Waals surface area contributed by atoms with Crippen LogP contribution in [0.15, 0.2) is 24.3 Å². The van der Waals surface area contributed by atoms with Crippen molar-refractivity contribution in [2.75, 3.05) is 20.3 Å². The van der Waals surface area contributed by atoms with Gasteiger partial charge in [0.05, 0.1) is 6.61 Å². The summed E-state index contributed by atoms with van der Waals surface area (Å²) in [6.45, 7) is 3.49.